The monoisotopic (exact) mass is 198 g/mol. The summed E-state index contributed by atoms with van der Waals surface area (Å²) in [5.41, 5.74) is -0.482. The molecule has 0 aromatic carbocycles. The maximum atomic E-state index is 11.4. The van der Waals surface area contributed by atoms with Gasteiger partial charge in [0.15, 0.2) is 0 Å². The third-order valence-electron chi connectivity index (χ3n) is 2.69. The van der Waals surface area contributed by atoms with Gasteiger partial charge in [0.05, 0.1) is 11.8 Å². The van der Waals surface area contributed by atoms with Crippen molar-refractivity contribution in [2.24, 2.45) is 17.3 Å². The third-order valence-corrected chi connectivity index (χ3v) is 2.69. The molecule has 1 saturated carbocycles. The van der Waals surface area contributed by atoms with Gasteiger partial charge in [-0.05, 0) is 5.41 Å². The molecule has 0 radical (unpaired) electrons. The molecule has 0 aliphatic heterocycles. The van der Waals surface area contributed by atoms with Gasteiger partial charge >= 0.3 is 11.9 Å². The first-order valence-electron chi connectivity index (χ1n) is 4.43. The Morgan fingerprint density at radius 3 is 2.43 bits per heavy atom. The normalized spacial score (nSPS) is 27.9. The van der Waals surface area contributed by atoms with Crippen molar-refractivity contribution in [1.29, 1.82) is 0 Å². The fraction of sp³-hybridized carbons (Fsp3) is 0.600. The predicted molar refractivity (Wildman–Crippen MR) is 49.6 cm³/mol. The standard InChI is InChI=1S/C10H14O4/c1-4-5-14-9(13)7-6(8(11)12)10(7,2)3/h4,6-7H,1,5H2,2-3H3,(H,11,12)/t6-,7+/m1/s1. The highest BCUT2D eigenvalue weighted by Gasteiger charge is 2.66. The van der Waals surface area contributed by atoms with Crippen molar-refractivity contribution in [1.82, 2.24) is 0 Å². The second-order valence-electron chi connectivity index (χ2n) is 4.03. The molecule has 4 heteroatoms. The number of carboxylic acids is 1. The summed E-state index contributed by atoms with van der Waals surface area (Å²) in [5.74, 6) is -2.50. The number of ether oxygens (including phenoxy) is 1. The Morgan fingerprint density at radius 1 is 1.50 bits per heavy atom. The van der Waals surface area contributed by atoms with E-state index in [1.807, 2.05) is 0 Å². The lowest BCUT2D eigenvalue weighted by atomic mass is 10.1. The Morgan fingerprint density at radius 2 is 2.07 bits per heavy atom. The molecular formula is C10H14O4. The smallest absolute Gasteiger partial charge is 0.310 e. The zero-order valence-electron chi connectivity index (χ0n) is 8.32. The Bertz CT molecular complexity index is 280. The average molecular weight is 198 g/mol. The maximum Gasteiger partial charge on any atom is 0.310 e. The minimum atomic E-state index is -0.935. The summed E-state index contributed by atoms with van der Waals surface area (Å²) >= 11 is 0. The number of esters is 1. The van der Waals surface area contributed by atoms with E-state index in [1.165, 1.54) is 6.08 Å². The lowest BCUT2D eigenvalue weighted by Gasteiger charge is -2.01. The van der Waals surface area contributed by atoms with Crippen LogP contribution in [0.15, 0.2) is 12.7 Å². The van der Waals surface area contributed by atoms with Crippen molar-refractivity contribution >= 4 is 11.9 Å². The molecule has 0 amide bonds. The van der Waals surface area contributed by atoms with Crippen LogP contribution in [0.4, 0.5) is 0 Å². The lowest BCUT2D eigenvalue weighted by Crippen LogP contribution is -2.11. The quantitative estimate of drug-likeness (QED) is 0.542. The molecule has 14 heavy (non-hydrogen) atoms. The van der Waals surface area contributed by atoms with E-state index in [0.29, 0.717) is 0 Å². The first kappa shape index (κ1) is 10.8. The van der Waals surface area contributed by atoms with Gasteiger partial charge in [0, 0.05) is 0 Å². The fourth-order valence-electron chi connectivity index (χ4n) is 1.77. The van der Waals surface area contributed by atoms with Gasteiger partial charge in [-0.3, -0.25) is 9.59 Å². The second-order valence-corrected chi connectivity index (χ2v) is 4.03. The lowest BCUT2D eigenvalue weighted by molar-refractivity contribution is -0.148. The van der Waals surface area contributed by atoms with Crippen LogP contribution in [0.5, 0.6) is 0 Å². The molecule has 2 atom stereocenters. The zero-order chi connectivity index (χ0) is 10.9. The maximum absolute atomic E-state index is 11.4. The first-order chi connectivity index (χ1) is 6.42. The van der Waals surface area contributed by atoms with Gasteiger partial charge in [0.1, 0.15) is 6.61 Å². The van der Waals surface area contributed by atoms with Gasteiger partial charge in [0.25, 0.3) is 0 Å². The topological polar surface area (TPSA) is 63.6 Å². The number of rotatable bonds is 4. The number of carbonyl (C=O) groups excluding carboxylic acids is 1. The largest absolute Gasteiger partial charge is 0.481 e. The van der Waals surface area contributed by atoms with Crippen LogP contribution in [0.1, 0.15) is 13.8 Å². The molecule has 1 N–H and O–H groups in total. The number of aliphatic carboxylic acids is 1. The minimum absolute atomic E-state index is 0.137. The number of hydrogen-bond donors (Lipinski definition) is 1. The van der Waals surface area contributed by atoms with E-state index in [9.17, 15) is 9.59 Å². The molecule has 1 fully saturated rings. The van der Waals surface area contributed by atoms with Gasteiger partial charge in [-0.15, -0.1) is 0 Å². The molecule has 0 saturated heterocycles. The molecule has 0 aromatic heterocycles. The number of hydrogen-bond acceptors (Lipinski definition) is 3. The molecule has 78 valence electrons. The van der Waals surface area contributed by atoms with Crippen LogP contribution in [-0.4, -0.2) is 23.7 Å². The summed E-state index contributed by atoms with van der Waals surface area (Å²) in [7, 11) is 0. The summed E-state index contributed by atoms with van der Waals surface area (Å²) in [4.78, 5) is 22.1. The third kappa shape index (κ3) is 1.64. The molecule has 1 aliphatic rings. The highest BCUT2D eigenvalue weighted by molar-refractivity contribution is 5.88. The van der Waals surface area contributed by atoms with Crippen LogP contribution in [-0.2, 0) is 14.3 Å². The highest BCUT2D eigenvalue weighted by atomic mass is 16.5. The van der Waals surface area contributed by atoms with Crippen molar-refractivity contribution in [3.8, 4) is 0 Å². The SMILES string of the molecule is C=CCOC(=O)[C@@H]1[C@H](C(=O)O)C1(C)C. The van der Waals surface area contributed by atoms with E-state index in [4.69, 9.17) is 9.84 Å². The van der Waals surface area contributed by atoms with Gasteiger partial charge in [-0.1, -0.05) is 26.5 Å². The summed E-state index contributed by atoms with van der Waals surface area (Å²) < 4.78 is 4.81. The van der Waals surface area contributed by atoms with E-state index in [0.717, 1.165) is 0 Å². The molecule has 1 aliphatic carbocycles. The Labute approximate surface area is 82.6 Å². The molecule has 0 spiro atoms. The second kappa shape index (κ2) is 3.44. The van der Waals surface area contributed by atoms with Crippen LogP contribution in [0.3, 0.4) is 0 Å². The van der Waals surface area contributed by atoms with Crippen molar-refractivity contribution in [3.63, 3.8) is 0 Å². The molecular weight excluding hydrogens is 184 g/mol. The molecule has 0 bridgehead atoms. The van der Waals surface area contributed by atoms with E-state index >= 15 is 0 Å². The molecule has 0 unspecified atom stereocenters. The van der Waals surface area contributed by atoms with Gasteiger partial charge in [-0.25, -0.2) is 0 Å². The predicted octanol–water partition coefficient (Wildman–Crippen LogP) is 1.07. The van der Waals surface area contributed by atoms with E-state index in [-0.39, 0.29) is 6.61 Å². The van der Waals surface area contributed by atoms with Gasteiger partial charge < -0.3 is 9.84 Å². The first-order valence-corrected chi connectivity index (χ1v) is 4.43. The molecule has 0 heterocycles. The fourth-order valence-corrected chi connectivity index (χ4v) is 1.77. The summed E-state index contributed by atoms with van der Waals surface area (Å²) in [6.07, 6.45) is 1.46. The van der Waals surface area contributed by atoms with Crippen molar-refractivity contribution < 1.29 is 19.4 Å². The van der Waals surface area contributed by atoms with Crippen LogP contribution in [0.25, 0.3) is 0 Å². The summed E-state index contributed by atoms with van der Waals surface area (Å²) in [6.45, 7) is 7.06. The zero-order valence-corrected chi connectivity index (χ0v) is 8.32. The van der Waals surface area contributed by atoms with Crippen LogP contribution in [0.2, 0.25) is 0 Å². The van der Waals surface area contributed by atoms with Crippen LogP contribution < -0.4 is 0 Å². The van der Waals surface area contributed by atoms with Crippen molar-refractivity contribution in [3.05, 3.63) is 12.7 Å². The minimum Gasteiger partial charge on any atom is -0.481 e. The Balaban J connectivity index is 2.59. The number of carbonyl (C=O) groups is 2. The highest BCUT2D eigenvalue weighted by Crippen LogP contribution is 2.58. The molecule has 1 rings (SSSR count). The van der Waals surface area contributed by atoms with Crippen LogP contribution >= 0.6 is 0 Å². The summed E-state index contributed by atoms with van der Waals surface area (Å²) in [5, 5.41) is 8.81. The molecule has 4 nitrogen and oxygen atoms in total. The van der Waals surface area contributed by atoms with Crippen molar-refractivity contribution in [2.45, 2.75) is 13.8 Å². The summed E-state index contributed by atoms with van der Waals surface area (Å²) in [6, 6.07) is 0. The van der Waals surface area contributed by atoms with Crippen molar-refractivity contribution in [2.75, 3.05) is 6.61 Å². The number of carboxylic acid groups (broad SMARTS) is 1. The molecule has 0 aromatic rings. The van der Waals surface area contributed by atoms with E-state index in [2.05, 4.69) is 6.58 Å². The van der Waals surface area contributed by atoms with Gasteiger partial charge in [-0.2, -0.15) is 0 Å². The Kier molecular flexibility index (Phi) is 2.64. The average Bonchev–Trinajstić information content (AvgIpc) is 2.65. The Hall–Kier alpha value is -1.32. The van der Waals surface area contributed by atoms with E-state index in [1.54, 1.807) is 13.8 Å². The van der Waals surface area contributed by atoms with Crippen LogP contribution in [0, 0.1) is 17.3 Å². The van der Waals surface area contributed by atoms with E-state index < -0.39 is 29.2 Å². The van der Waals surface area contributed by atoms with Gasteiger partial charge in [0.2, 0.25) is 0 Å².